The first kappa shape index (κ1) is 25.2. The Balaban J connectivity index is 1.96. The molecule has 1 fully saturated rings. The molecule has 1 aliphatic heterocycles. The second-order valence-electron chi connectivity index (χ2n) is 9.45. The predicted octanol–water partition coefficient (Wildman–Crippen LogP) is 1.50. The number of aliphatic hydroxyl groups excluding tert-OH is 1. The van der Waals surface area contributed by atoms with Crippen molar-refractivity contribution in [2.24, 2.45) is 17.6 Å². The molecule has 174 valence electrons. The van der Waals surface area contributed by atoms with Crippen molar-refractivity contribution in [2.45, 2.75) is 64.8 Å². The highest BCUT2D eigenvalue weighted by Crippen LogP contribution is 2.14. The molecule has 2 rings (SSSR count). The molecule has 1 aromatic rings. The summed E-state index contributed by atoms with van der Waals surface area (Å²) in [6.07, 6.45) is 0.655. The van der Waals surface area contributed by atoms with Gasteiger partial charge in [0.05, 0.1) is 12.1 Å². The van der Waals surface area contributed by atoms with Gasteiger partial charge in [-0.2, -0.15) is 0 Å². The standard InChI is InChI=1S/C23H37FN4O3/c1-14(2)9-18(25)11-28-12-20(21(29)13-28)27-23(31)19(10-15(3)4)26-22(30)16-5-7-17(24)8-6-16/h5-8,14-15,18-21,29H,9-13,25H2,1-4H3,(H,26,30)(H,27,31)/t18-,19-,20?,21?/m0/s1. The molecule has 5 N–H and O–H groups in total. The van der Waals surface area contributed by atoms with Crippen LogP contribution < -0.4 is 16.4 Å². The van der Waals surface area contributed by atoms with Crippen molar-refractivity contribution >= 4 is 11.8 Å². The third-order valence-corrected chi connectivity index (χ3v) is 5.39. The topological polar surface area (TPSA) is 108 Å². The van der Waals surface area contributed by atoms with Crippen LogP contribution in [0.2, 0.25) is 0 Å². The number of carbonyl (C=O) groups is 2. The number of rotatable bonds is 10. The molecule has 2 unspecified atom stereocenters. The minimum Gasteiger partial charge on any atom is -0.390 e. The van der Waals surface area contributed by atoms with Gasteiger partial charge in [-0.15, -0.1) is 0 Å². The van der Waals surface area contributed by atoms with Crippen LogP contribution in [0.1, 0.15) is 50.9 Å². The van der Waals surface area contributed by atoms with Gasteiger partial charge in [-0.05, 0) is 48.9 Å². The summed E-state index contributed by atoms with van der Waals surface area (Å²) in [5.74, 6) is -0.528. The lowest BCUT2D eigenvalue weighted by Gasteiger charge is -2.24. The molecular weight excluding hydrogens is 399 g/mol. The van der Waals surface area contributed by atoms with E-state index in [1.165, 1.54) is 24.3 Å². The maximum Gasteiger partial charge on any atom is 0.251 e. The number of halogens is 1. The zero-order valence-electron chi connectivity index (χ0n) is 19.0. The zero-order valence-corrected chi connectivity index (χ0v) is 19.0. The van der Waals surface area contributed by atoms with Gasteiger partial charge in [0.2, 0.25) is 5.91 Å². The predicted molar refractivity (Wildman–Crippen MR) is 119 cm³/mol. The smallest absolute Gasteiger partial charge is 0.251 e. The summed E-state index contributed by atoms with van der Waals surface area (Å²) < 4.78 is 13.1. The van der Waals surface area contributed by atoms with E-state index in [-0.39, 0.29) is 23.4 Å². The minimum absolute atomic E-state index is 0.0188. The molecule has 0 bridgehead atoms. The monoisotopic (exact) mass is 436 g/mol. The average molecular weight is 437 g/mol. The van der Waals surface area contributed by atoms with Crippen molar-refractivity contribution in [3.05, 3.63) is 35.6 Å². The molecule has 0 aromatic heterocycles. The van der Waals surface area contributed by atoms with Gasteiger partial charge in [0, 0.05) is 31.2 Å². The molecule has 0 saturated carbocycles. The second kappa shape index (κ2) is 11.5. The van der Waals surface area contributed by atoms with E-state index in [9.17, 15) is 19.1 Å². The van der Waals surface area contributed by atoms with E-state index in [1.54, 1.807) is 0 Å². The summed E-state index contributed by atoms with van der Waals surface area (Å²) in [5, 5.41) is 16.1. The minimum atomic E-state index is -0.748. The van der Waals surface area contributed by atoms with Gasteiger partial charge in [0.25, 0.3) is 5.91 Å². The molecule has 1 aromatic carbocycles. The van der Waals surface area contributed by atoms with Crippen molar-refractivity contribution in [3.63, 3.8) is 0 Å². The summed E-state index contributed by atoms with van der Waals surface area (Å²) in [6.45, 7) is 9.80. The third-order valence-electron chi connectivity index (χ3n) is 5.39. The van der Waals surface area contributed by atoms with Crippen LogP contribution in [-0.2, 0) is 4.79 Å². The van der Waals surface area contributed by atoms with Crippen molar-refractivity contribution in [1.82, 2.24) is 15.5 Å². The van der Waals surface area contributed by atoms with Crippen molar-refractivity contribution in [3.8, 4) is 0 Å². The Kier molecular flexibility index (Phi) is 9.40. The van der Waals surface area contributed by atoms with Crippen LogP contribution in [0.5, 0.6) is 0 Å². The van der Waals surface area contributed by atoms with Gasteiger partial charge in [-0.1, -0.05) is 27.7 Å². The molecule has 0 aliphatic carbocycles. The molecule has 0 radical (unpaired) electrons. The lowest BCUT2D eigenvalue weighted by atomic mass is 10.0. The molecule has 1 saturated heterocycles. The fourth-order valence-electron chi connectivity index (χ4n) is 4.00. The Bertz CT molecular complexity index is 726. The van der Waals surface area contributed by atoms with Crippen molar-refractivity contribution in [2.75, 3.05) is 19.6 Å². The quantitative estimate of drug-likeness (QED) is 0.445. The van der Waals surface area contributed by atoms with Crippen LogP contribution in [-0.4, -0.2) is 65.7 Å². The van der Waals surface area contributed by atoms with Crippen LogP contribution in [0.15, 0.2) is 24.3 Å². The molecule has 7 nitrogen and oxygen atoms in total. The molecule has 1 heterocycles. The largest absolute Gasteiger partial charge is 0.390 e. The van der Waals surface area contributed by atoms with E-state index in [1.807, 2.05) is 13.8 Å². The highest BCUT2D eigenvalue weighted by molar-refractivity contribution is 5.97. The van der Waals surface area contributed by atoms with Crippen molar-refractivity contribution < 1.29 is 19.1 Å². The van der Waals surface area contributed by atoms with E-state index in [0.717, 1.165) is 6.42 Å². The number of nitrogens with two attached hydrogens (primary N) is 1. The molecule has 0 spiro atoms. The van der Waals surface area contributed by atoms with E-state index in [4.69, 9.17) is 5.73 Å². The van der Waals surface area contributed by atoms with Gasteiger partial charge in [0.15, 0.2) is 0 Å². The number of nitrogens with zero attached hydrogens (tertiary/aromatic N) is 1. The Morgan fingerprint density at radius 3 is 2.32 bits per heavy atom. The number of carbonyl (C=O) groups excluding carboxylic acids is 2. The Hall–Kier alpha value is -2.03. The molecule has 31 heavy (non-hydrogen) atoms. The summed E-state index contributed by atoms with van der Waals surface area (Å²) in [7, 11) is 0. The number of aliphatic hydroxyl groups is 1. The lowest BCUT2D eigenvalue weighted by Crippen LogP contribution is -2.53. The summed E-state index contributed by atoms with van der Waals surface area (Å²) >= 11 is 0. The number of nitrogens with one attached hydrogen (secondary N) is 2. The fourth-order valence-corrected chi connectivity index (χ4v) is 4.00. The van der Waals surface area contributed by atoms with Gasteiger partial charge in [0.1, 0.15) is 11.9 Å². The summed E-state index contributed by atoms with van der Waals surface area (Å²) in [6, 6.07) is 4.03. The first-order valence-corrected chi connectivity index (χ1v) is 11.1. The molecule has 1 aliphatic rings. The first-order valence-electron chi connectivity index (χ1n) is 11.1. The van der Waals surface area contributed by atoms with Crippen LogP contribution in [0.25, 0.3) is 0 Å². The van der Waals surface area contributed by atoms with Gasteiger partial charge in [-0.3, -0.25) is 14.5 Å². The van der Waals surface area contributed by atoms with E-state index in [0.29, 0.717) is 32.0 Å². The third kappa shape index (κ3) is 8.20. The van der Waals surface area contributed by atoms with Crippen LogP contribution in [0, 0.1) is 17.7 Å². The number of hydrogen-bond acceptors (Lipinski definition) is 5. The van der Waals surface area contributed by atoms with Gasteiger partial charge < -0.3 is 21.5 Å². The van der Waals surface area contributed by atoms with Gasteiger partial charge >= 0.3 is 0 Å². The zero-order chi connectivity index (χ0) is 23.1. The van der Waals surface area contributed by atoms with E-state index in [2.05, 4.69) is 29.4 Å². The summed E-state index contributed by atoms with van der Waals surface area (Å²) in [5.41, 5.74) is 6.47. The number of benzene rings is 1. The molecule has 8 heteroatoms. The number of amides is 2. The van der Waals surface area contributed by atoms with E-state index < -0.39 is 29.9 Å². The number of β-amino-alcohol motifs (C(OH)–C–C–N with tert-alkyl or cyclic N) is 1. The van der Waals surface area contributed by atoms with Crippen LogP contribution in [0.3, 0.4) is 0 Å². The first-order chi connectivity index (χ1) is 14.5. The van der Waals surface area contributed by atoms with Crippen LogP contribution in [0.4, 0.5) is 4.39 Å². The normalized spacial score (nSPS) is 21.3. The number of likely N-dealkylation sites (tertiary alicyclic amines) is 1. The highest BCUT2D eigenvalue weighted by atomic mass is 19.1. The maximum absolute atomic E-state index is 13.1. The lowest BCUT2D eigenvalue weighted by molar-refractivity contribution is -0.124. The Morgan fingerprint density at radius 1 is 1.13 bits per heavy atom. The van der Waals surface area contributed by atoms with E-state index >= 15 is 0 Å². The fraction of sp³-hybridized carbons (Fsp3) is 0.652. The summed E-state index contributed by atoms with van der Waals surface area (Å²) in [4.78, 5) is 27.5. The Labute approximate surface area is 184 Å². The second-order valence-corrected chi connectivity index (χ2v) is 9.45. The highest BCUT2D eigenvalue weighted by Gasteiger charge is 2.35. The van der Waals surface area contributed by atoms with Crippen molar-refractivity contribution in [1.29, 1.82) is 0 Å². The molecular formula is C23H37FN4O3. The SMILES string of the molecule is CC(C)C[C@H](N)CN1CC(O)C(NC(=O)[C@H](CC(C)C)NC(=O)c2ccc(F)cc2)C1. The molecule has 2 amide bonds. The average Bonchev–Trinajstić information content (AvgIpc) is 2.99. The Morgan fingerprint density at radius 2 is 1.74 bits per heavy atom. The maximum atomic E-state index is 13.1. The number of hydrogen-bond donors (Lipinski definition) is 4. The van der Waals surface area contributed by atoms with Gasteiger partial charge in [-0.25, -0.2) is 4.39 Å². The molecule has 4 atom stereocenters. The van der Waals surface area contributed by atoms with Crippen LogP contribution >= 0.6 is 0 Å².